The van der Waals surface area contributed by atoms with Gasteiger partial charge in [-0.2, -0.15) is 0 Å². The minimum atomic E-state index is -3.00. The van der Waals surface area contributed by atoms with Gasteiger partial charge in [-0.25, -0.2) is 8.78 Å². The highest BCUT2D eigenvalue weighted by Gasteiger charge is 2.58. The molecular formula is C19H30F2N2O2. The monoisotopic (exact) mass is 356 g/mol. The largest absolute Gasteiger partial charge is 0.342 e. The molecule has 3 fully saturated rings. The van der Waals surface area contributed by atoms with Gasteiger partial charge in [0.25, 0.3) is 5.92 Å². The first-order valence-electron chi connectivity index (χ1n) is 9.62. The number of hydrogen-bond acceptors (Lipinski definition) is 2. The van der Waals surface area contributed by atoms with Crippen molar-refractivity contribution in [1.82, 2.24) is 9.80 Å². The highest BCUT2D eigenvalue weighted by atomic mass is 19.3. The van der Waals surface area contributed by atoms with Gasteiger partial charge >= 0.3 is 0 Å². The summed E-state index contributed by atoms with van der Waals surface area (Å²) < 4.78 is 29.2. The lowest BCUT2D eigenvalue weighted by Gasteiger charge is -2.53. The van der Waals surface area contributed by atoms with Crippen LogP contribution in [0.25, 0.3) is 0 Å². The molecule has 2 saturated heterocycles. The van der Waals surface area contributed by atoms with Crippen LogP contribution in [-0.4, -0.2) is 53.7 Å². The van der Waals surface area contributed by atoms with E-state index < -0.39 is 29.7 Å². The maximum atomic E-state index is 14.6. The molecule has 1 unspecified atom stereocenters. The molecule has 1 atom stereocenters. The molecule has 1 aliphatic carbocycles. The van der Waals surface area contributed by atoms with Crippen LogP contribution >= 0.6 is 0 Å². The molecule has 2 heterocycles. The third-order valence-corrected chi connectivity index (χ3v) is 6.78. The quantitative estimate of drug-likeness (QED) is 0.778. The van der Waals surface area contributed by atoms with Gasteiger partial charge in [-0.1, -0.05) is 20.3 Å². The molecular weight excluding hydrogens is 326 g/mol. The molecule has 142 valence electrons. The number of nitrogens with zero attached hydrogens (tertiary/aromatic N) is 2. The van der Waals surface area contributed by atoms with Crippen molar-refractivity contribution in [2.75, 3.05) is 26.2 Å². The van der Waals surface area contributed by atoms with E-state index >= 15 is 0 Å². The van der Waals surface area contributed by atoms with Gasteiger partial charge in [-0.15, -0.1) is 0 Å². The Balaban J connectivity index is 1.89. The molecule has 0 bridgehead atoms. The van der Waals surface area contributed by atoms with Gasteiger partial charge in [0.1, 0.15) is 0 Å². The fraction of sp³-hybridized carbons (Fsp3) is 0.895. The Bertz CT molecular complexity index is 560. The molecule has 0 N–H and O–H groups in total. The molecule has 3 rings (SSSR count). The summed E-state index contributed by atoms with van der Waals surface area (Å²) in [5.41, 5.74) is -1.61. The van der Waals surface area contributed by atoms with Crippen molar-refractivity contribution in [1.29, 1.82) is 0 Å². The van der Waals surface area contributed by atoms with Gasteiger partial charge in [0, 0.05) is 26.1 Å². The molecule has 0 radical (unpaired) electrons. The minimum absolute atomic E-state index is 0.134. The van der Waals surface area contributed by atoms with Crippen LogP contribution < -0.4 is 0 Å². The first-order valence-corrected chi connectivity index (χ1v) is 9.62. The van der Waals surface area contributed by atoms with Crippen molar-refractivity contribution in [2.24, 2.45) is 16.7 Å². The van der Waals surface area contributed by atoms with Crippen molar-refractivity contribution in [3.05, 3.63) is 0 Å². The van der Waals surface area contributed by atoms with Crippen LogP contribution in [0.1, 0.15) is 59.3 Å². The van der Waals surface area contributed by atoms with Crippen molar-refractivity contribution >= 4 is 11.8 Å². The molecule has 4 nitrogen and oxygen atoms in total. The number of carbonyl (C=O) groups is 2. The predicted molar refractivity (Wildman–Crippen MR) is 91.2 cm³/mol. The van der Waals surface area contributed by atoms with Crippen LogP contribution in [0.3, 0.4) is 0 Å². The van der Waals surface area contributed by atoms with Crippen LogP contribution in [0.2, 0.25) is 0 Å². The van der Waals surface area contributed by atoms with Crippen molar-refractivity contribution in [3.63, 3.8) is 0 Å². The van der Waals surface area contributed by atoms with Gasteiger partial charge in [-0.05, 0) is 38.5 Å². The van der Waals surface area contributed by atoms with Crippen LogP contribution in [0.15, 0.2) is 0 Å². The first kappa shape index (κ1) is 18.6. The zero-order chi connectivity index (χ0) is 18.5. The Morgan fingerprint density at radius 3 is 2.36 bits per heavy atom. The SMILES string of the molecule is CCN1CCCC2(CN(C(=O)C3(C(C)C)CCC3)CC(F)(F)C2)C1=O. The molecule has 3 aliphatic rings. The minimum Gasteiger partial charge on any atom is -0.342 e. The lowest BCUT2D eigenvalue weighted by atomic mass is 9.60. The van der Waals surface area contributed by atoms with Crippen molar-refractivity contribution < 1.29 is 18.4 Å². The van der Waals surface area contributed by atoms with E-state index in [2.05, 4.69) is 0 Å². The van der Waals surface area contributed by atoms with Crippen molar-refractivity contribution in [2.45, 2.75) is 65.2 Å². The summed E-state index contributed by atoms with van der Waals surface area (Å²) in [6.45, 7) is 6.66. The summed E-state index contributed by atoms with van der Waals surface area (Å²) in [5.74, 6) is -3.21. The highest BCUT2D eigenvalue weighted by molar-refractivity contribution is 5.87. The van der Waals surface area contributed by atoms with Gasteiger partial charge in [-0.3, -0.25) is 9.59 Å². The highest BCUT2D eigenvalue weighted by Crippen LogP contribution is 2.51. The topological polar surface area (TPSA) is 40.6 Å². The number of carbonyl (C=O) groups excluding carboxylic acids is 2. The summed E-state index contributed by atoms with van der Waals surface area (Å²) >= 11 is 0. The zero-order valence-corrected chi connectivity index (χ0v) is 15.6. The number of alkyl halides is 2. The number of piperidine rings is 2. The van der Waals surface area contributed by atoms with Crippen LogP contribution in [0.4, 0.5) is 8.78 Å². The Morgan fingerprint density at radius 1 is 1.16 bits per heavy atom. The van der Waals surface area contributed by atoms with E-state index in [0.717, 1.165) is 25.7 Å². The predicted octanol–water partition coefficient (Wildman–Crippen LogP) is 3.31. The van der Waals surface area contributed by atoms with Gasteiger partial charge < -0.3 is 9.80 Å². The fourth-order valence-corrected chi connectivity index (χ4v) is 5.13. The maximum absolute atomic E-state index is 14.6. The lowest BCUT2D eigenvalue weighted by Crippen LogP contribution is -2.64. The average molecular weight is 356 g/mol. The van der Waals surface area contributed by atoms with Gasteiger partial charge in [0.05, 0.1) is 17.4 Å². The van der Waals surface area contributed by atoms with E-state index in [0.29, 0.717) is 19.5 Å². The summed E-state index contributed by atoms with van der Waals surface area (Å²) in [5, 5.41) is 0. The van der Waals surface area contributed by atoms with Gasteiger partial charge in [0.2, 0.25) is 11.8 Å². The summed E-state index contributed by atoms with van der Waals surface area (Å²) in [4.78, 5) is 29.1. The van der Waals surface area contributed by atoms with E-state index in [1.807, 2.05) is 20.8 Å². The molecule has 2 aliphatic heterocycles. The van der Waals surface area contributed by atoms with Crippen LogP contribution in [-0.2, 0) is 9.59 Å². The molecule has 6 heteroatoms. The number of rotatable bonds is 3. The lowest BCUT2D eigenvalue weighted by molar-refractivity contribution is -0.182. The normalized spacial score (nSPS) is 31.4. The summed E-state index contributed by atoms with van der Waals surface area (Å²) in [6.07, 6.45) is 3.28. The van der Waals surface area contributed by atoms with E-state index in [4.69, 9.17) is 0 Å². The number of likely N-dealkylation sites (tertiary alicyclic amines) is 2. The second kappa shape index (κ2) is 6.20. The molecule has 0 aromatic carbocycles. The number of halogens is 2. The van der Waals surface area contributed by atoms with E-state index in [1.165, 1.54) is 4.90 Å². The Morgan fingerprint density at radius 2 is 1.84 bits per heavy atom. The second-order valence-corrected chi connectivity index (χ2v) is 8.63. The Labute approximate surface area is 148 Å². The Kier molecular flexibility index (Phi) is 4.61. The van der Waals surface area contributed by atoms with Crippen LogP contribution in [0, 0.1) is 16.7 Å². The van der Waals surface area contributed by atoms with E-state index in [-0.39, 0.29) is 24.3 Å². The van der Waals surface area contributed by atoms with Gasteiger partial charge in [0.15, 0.2) is 0 Å². The summed E-state index contributed by atoms with van der Waals surface area (Å²) in [6, 6.07) is 0. The molecule has 25 heavy (non-hydrogen) atoms. The molecule has 0 aromatic heterocycles. The third kappa shape index (κ3) is 2.95. The first-order chi connectivity index (χ1) is 11.7. The second-order valence-electron chi connectivity index (χ2n) is 8.63. The Hall–Kier alpha value is -1.20. The molecule has 2 amide bonds. The zero-order valence-electron chi connectivity index (χ0n) is 15.6. The fourth-order valence-electron chi connectivity index (χ4n) is 5.13. The smallest absolute Gasteiger partial charge is 0.266 e. The van der Waals surface area contributed by atoms with Crippen LogP contribution in [0.5, 0.6) is 0 Å². The summed E-state index contributed by atoms with van der Waals surface area (Å²) in [7, 11) is 0. The third-order valence-electron chi connectivity index (χ3n) is 6.78. The number of hydrogen-bond donors (Lipinski definition) is 0. The standard InChI is InChI=1S/C19H30F2N2O2/c1-4-22-10-6-7-17(15(22)24)11-19(20,21)13-23(12-17)16(25)18(14(2)3)8-5-9-18/h14H,4-13H2,1-3H3. The average Bonchev–Trinajstić information content (AvgIpc) is 2.47. The van der Waals surface area contributed by atoms with E-state index in [9.17, 15) is 18.4 Å². The number of amides is 2. The molecule has 0 aromatic rings. The molecule has 1 saturated carbocycles. The van der Waals surface area contributed by atoms with E-state index in [1.54, 1.807) is 4.90 Å². The van der Waals surface area contributed by atoms with Crippen molar-refractivity contribution in [3.8, 4) is 0 Å². The maximum Gasteiger partial charge on any atom is 0.266 e. The molecule has 1 spiro atoms.